The van der Waals surface area contributed by atoms with Crippen LogP contribution in [0.4, 0.5) is 5.82 Å². The molecular formula is C19H19Cl2N5O2. The fourth-order valence-electron chi connectivity index (χ4n) is 2.59. The summed E-state index contributed by atoms with van der Waals surface area (Å²) in [4.78, 5) is 24.5. The highest BCUT2D eigenvalue weighted by Gasteiger charge is 2.13. The highest BCUT2D eigenvalue weighted by atomic mass is 35.5. The second kappa shape index (κ2) is 9.03. The highest BCUT2D eigenvalue weighted by molar-refractivity contribution is 6.35. The first kappa shape index (κ1) is 20.1. The molecule has 2 aromatic heterocycles. The Balaban J connectivity index is 1.77. The van der Waals surface area contributed by atoms with E-state index in [0.717, 1.165) is 18.4 Å². The third-order valence-corrected chi connectivity index (χ3v) is 4.70. The molecule has 9 heteroatoms. The molecule has 3 aromatic rings. The molecule has 3 rings (SSSR count). The average Bonchev–Trinajstić information content (AvgIpc) is 3.10. The van der Waals surface area contributed by atoms with Gasteiger partial charge < -0.3 is 5.32 Å². The molecule has 0 aliphatic carbocycles. The van der Waals surface area contributed by atoms with Crippen LogP contribution in [0.3, 0.4) is 0 Å². The zero-order valence-corrected chi connectivity index (χ0v) is 16.7. The maximum absolute atomic E-state index is 12.6. The number of rotatable bonds is 7. The van der Waals surface area contributed by atoms with E-state index in [1.807, 2.05) is 13.0 Å². The number of aromatic nitrogens is 4. The van der Waals surface area contributed by atoms with Crippen LogP contribution in [-0.4, -0.2) is 25.5 Å². The van der Waals surface area contributed by atoms with Crippen molar-refractivity contribution in [3.05, 3.63) is 74.3 Å². The molecule has 0 aliphatic heterocycles. The fourth-order valence-corrected chi connectivity index (χ4v) is 3.06. The van der Waals surface area contributed by atoms with Gasteiger partial charge in [-0.2, -0.15) is 10.2 Å². The van der Waals surface area contributed by atoms with Crippen molar-refractivity contribution < 1.29 is 4.79 Å². The Kier molecular flexibility index (Phi) is 6.49. The van der Waals surface area contributed by atoms with Gasteiger partial charge in [-0.15, -0.1) is 0 Å². The van der Waals surface area contributed by atoms with E-state index >= 15 is 0 Å². The van der Waals surface area contributed by atoms with Crippen molar-refractivity contribution in [1.82, 2.24) is 19.6 Å². The van der Waals surface area contributed by atoms with Crippen molar-refractivity contribution >= 4 is 34.9 Å². The summed E-state index contributed by atoms with van der Waals surface area (Å²) in [7, 11) is 0. The molecule has 0 unspecified atom stereocenters. The van der Waals surface area contributed by atoms with Gasteiger partial charge in [-0.25, -0.2) is 9.36 Å². The van der Waals surface area contributed by atoms with E-state index in [9.17, 15) is 9.59 Å². The summed E-state index contributed by atoms with van der Waals surface area (Å²) >= 11 is 12.1. The van der Waals surface area contributed by atoms with Crippen LogP contribution in [-0.2, 0) is 13.1 Å². The summed E-state index contributed by atoms with van der Waals surface area (Å²) in [6.07, 6.45) is 3.32. The van der Waals surface area contributed by atoms with Gasteiger partial charge in [0, 0.05) is 28.7 Å². The van der Waals surface area contributed by atoms with Gasteiger partial charge in [-0.1, -0.05) is 42.6 Å². The normalized spacial score (nSPS) is 10.8. The molecule has 0 radical (unpaired) electrons. The van der Waals surface area contributed by atoms with Gasteiger partial charge in [0.25, 0.3) is 11.5 Å². The zero-order valence-electron chi connectivity index (χ0n) is 15.2. The van der Waals surface area contributed by atoms with E-state index < -0.39 is 5.91 Å². The first-order valence-corrected chi connectivity index (χ1v) is 9.59. The molecule has 0 bridgehead atoms. The molecule has 0 saturated carbocycles. The summed E-state index contributed by atoms with van der Waals surface area (Å²) in [5, 5.41) is 12.2. The number of hydrogen-bond donors (Lipinski definition) is 1. The van der Waals surface area contributed by atoms with Crippen molar-refractivity contribution in [2.24, 2.45) is 0 Å². The lowest BCUT2D eigenvalue weighted by Crippen LogP contribution is -2.26. The third kappa shape index (κ3) is 4.79. The summed E-state index contributed by atoms with van der Waals surface area (Å²) in [6.45, 7) is 2.86. The molecule has 1 amide bonds. The molecule has 1 N–H and O–H groups in total. The second-order valence-corrected chi connectivity index (χ2v) is 7.04. The topological polar surface area (TPSA) is 81.8 Å². The predicted octanol–water partition coefficient (Wildman–Crippen LogP) is 3.85. The van der Waals surface area contributed by atoms with Crippen molar-refractivity contribution in [3.63, 3.8) is 0 Å². The number of nitrogens with zero attached hydrogens (tertiary/aromatic N) is 4. The molecule has 7 nitrogen and oxygen atoms in total. The van der Waals surface area contributed by atoms with E-state index in [4.69, 9.17) is 23.2 Å². The number of halogens is 2. The first-order valence-electron chi connectivity index (χ1n) is 8.83. The second-order valence-electron chi connectivity index (χ2n) is 6.20. The fraction of sp³-hybridized carbons (Fsp3) is 0.263. The van der Waals surface area contributed by atoms with Gasteiger partial charge >= 0.3 is 0 Å². The number of carbonyl (C=O) groups is 1. The van der Waals surface area contributed by atoms with Gasteiger partial charge in [0.05, 0.1) is 12.7 Å². The van der Waals surface area contributed by atoms with E-state index in [1.165, 1.54) is 16.8 Å². The zero-order chi connectivity index (χ0) is 20.1. The van der Waals surface area contributed by atoms with Crippen LogP contribution in [0.2, 0.25) is 10.0 Å². The number of anilines is 1. The quantitative estimate of drug-likeness (QED) is 0.630. The number of benzene rings is 1. The van der Waals surface area contributed by atoms with Crippen molar-refractivity contribution in [1.29, 1.82) is 0 Å². The Morgan fingerprint density at radius 2 is 1.96 bits per heavy atom. The molecule has 2 heterocycles. The minimum Gasteiger partial charge on any atom is -0.305 e. The molecular weight excluding hydrogens is 401 g/mol. The van der Waals surface area contributed by atoms with Crippen molar-refractivity contribution in [2.75, 3.05) is 5.32 Å². The molecule has 0 saturated heterocycles. The molecule has 0 aliphatic rings. The Morgan fingerprint density at radius 1 is 1.14 bits per heavy atom. The summed E-state index contributed by atoms with van der Waals surface area (Å²) < 4.78 is 2.92. The van der Waals surface area contributed by atoms with Crippen molar-refractivity contribution in [3.8, 4) is 0 Å². The first-order chi connectivity index (χ1) is 13.5. The number of hydrogen-bond acceptors (Lipinski definition) is 4. The average molecular weight is 420 g/mol. The van der Waals surface area contributed by atoms with Crippen LogP contribution in [0.1, 0.15) is 35.8 Å². The predicted molar refractivity (Wildman–Crippen MR) is 109 cm³/mol. The minimum atomic E-state index is -0.422. The Bertz CT molecular complexity index is 1040. The van der Waals surface area contributed by atoms with Crippen LogP contribution in [0.15, 0.2) is 47.4 Å². The largest absolute Gasteiger partial charge is 0.305 e. The van der Waals surface area contributed by atoms with Crippen molar-refractivity contribution in [2.45, 2.75) is 32.9 Å². The Hall–Kier alpha value is -2.64. The number of nitrogens with one attached hydrogen (secondary N) is 1. The highest BCUT2D eigenvalue weighted by Crippen LogP contribution is 2.22. The summed E-state index contributed by atoms with van der Waals surface area (Å²) in [6, 6.07) is 9.65. The van der Waals surface area contributed by atoms with Crippen LogP contribution in [0, 0.1) is 0 Å². The van der Waals surface area contributed by atoms with Gasteiger partial charge in [0.2, 0.25) is 0 Å². The van der Waals surface area contributed by atoms with Gasteiger partial charge in [-0.3, -0.25) is 9.59 Å². The van der Waals surface area contributed by atoms with Gasteiger partial charge in [0.15, 0.2) is 0 Å². The van der Waals surface area contributed by atoms with Gasteiger partial charge in [-0.05, 0) is 30.2 Å². The maximum atomic E-state index is 12.6. The van der Waals surface area contributed by atoms with E-state index in [2.05, 4.69) is 15.5 Å². The lowest BCUT2D eigenvalue weighted by molar-refractivity contribution is 0.101. The lowest BCUT2D eigenvalue weighted by Gasteiger charge is -2.11. The minimum absolute atomic E-state index is 0.160. The number of unbranched alkanes of at least 4 members (excludes halogenated alkanes) is 1. The SMILES string of the molecule is CCCCn1nc(C(=O)Nc2ccnn2Cc2ccc(Cl)cc2Cl)ccc1=O. The maximum Gasteiger partial charge on any atom is 0.277 e. The van der Waals surface area contributed by atoms with Crippen LogP contribution < -0.4 is 10.9 Å². The smallest absolute Gasteiger partial charge is 0.277 e. The summed E-state index contributed by atoms with van der Waals surface area (Å²) in [5.74, 6) is 0.0679. The molecule has 28 heavy (non-hydrogen) atoms. The molecule has 1 aromatic carbocycles. The van der Waals surface area contributed by atoms with Crippen LogP contribution >= 0.6 is 23.2 Å². The number of carbonyl (C=O) groups excluding carboxylic acids is 1. The van der Waals surface area contributed by atoms with E-state index in [0.29, 0.717) is 29.0 Å². The van der Waals surface area contributed by atoms with E-state index in [-0.39, 0.29) is 11.3 Å². The lowest BCUT2D eigenvalue weighted by atomic mass is 10.2. The van der Waals surface area contributed by atoms with Gasteiger partial charge in [0.1, 0.15) is 11.5 Å². The monoisotopic (exact) mass is 419 g/mol. The molecule has 146 valence electrons. The summed E-state index contributed by atoms with van der Waals surface area (Å²) in [5.41, 5.74) is 0.747. The number of aryl methyl sites for hydroxylation is 1. The van der Waals surface area contributed by atoms with Crippen LogP contribution in [0.5, 0.6) is 0 Å². The molecule has 0 atom stereocenters. The van der Waals surface area contributed by atoms with E-state index in [1.54, 1.807) is 29.1 Å². The molecule has 0 spiro atoms. The number of amides is 1. The standard InChI is InChI=1S/C19H19Cl2N5O2/c1-2-3-10-25-18(27)7-6-16(24-25)19(28)23-17-8-9-22-26(17)12-13-4-5-14(20)11-15(13)21/h4-9,11H,2-3,10,12H2,1H3,(H,23,28). The third-order valence-electron chi connectivity index (χ3n) is 4.12. The van der Waals surface area contributed by atoms with Crippen LogP contribution in [0.25, 0.3) is 0 Å². The Morgan fingerprint density at radius 3 is 2.71 bits per heavy atom. The molecule has 0 fully saturated rings. The Labute approximate surface area is 171 Å².